The van der Waals surface area contributed by atoms with Crippen molar-refractivity contribution < 1.29 is 21.9 Å². The van der Waals surface area contributed by atoms with E-state index in [0.29, 0.717) is 18.8 Å². The lowest BCUT2D eigenvalue weighted by Crippen LogP contribution is -2.11. The molecule has 0 fully saturated rings. The first-order valence-corrected chi connectivity index (χ1v) is 9.39. The minimum Gasteiger partial charge on any atom is -0.381 e. The van der Waals surface area contributed by atoms with Crippen LogP contribution in [0.4, 0.5) is 14.5 Å². The molecule has 7 heteroatoms. The summed E-state index contributed by atoms with van der Waals surface area (Å²) < 4.78 is 53.2. The summed E-state index contributed by atoms with van der Waals surface area (Å²) >= 11 is 0. The second-order valence-electron chi connectivity index (χ2n) is 5.86. The Bertz CT molecular complexity index is 773. The summed E-state index contributed by atoms with van der Waals surface area (Å²) in [6, 6.07) is 13.2. The van der Waals surface area contributed by atoms with Gasteiger partial charge in [-0.15, -0.1) is 0 Å². The smallest absolute Gasteiger partial charge is 0.341 e. The predicted molar refractivity (Wildman–Crippen MR) is 93.3 cm³/mol. The third-order valence-corrected chi connectivity index (χ3v) is 4.92. The molecule has 0 aliphatic heterocycles. The fraction of sp³-hybridized carbons (Fsp3) is 0.333. The average molecular weight is 369 g/mol. The van der Waals surface area contributed by atoms with Crippen LogP contribution in [0.1, 0.15) is 25.0 Å². The highest BCUT2D eigenvalue weighted by molar-refractivity contribution is 7.91. The average Bonchev–Trinajstić information content (AvgIpc) is 2.59. The van der Waals surface area contributed by atoms with Gasteiger partial charge in [-0.1, -0.05) is 24.3 Å². The zero-order valence-electron chi connectivity index (χ0n) is 14.1. The highest BCUT2D eigenvalue weighted by Crippen LogP contribution is 2.20. The second-order valence-corrected chi connectivity index (χ2v) is 7.78. The molecule has 0 saturated carbocycles. The molecule has 0 aromatic heterocycles. The van der Waals surface area contributed by atoms with E-state index in [1.54, 1.807) is 0 Å². The Kier molecular flexibility index (Phi) is 6.50. The topological polar surface area (TPSA) is 55.4 Å². The fourth-order valence-corrected chi connectivity index (χ4v) is 2.81. The quantitative estimate of drug-likeness (QED) is 0.757. The minimum absolute atomic E-state index is 0.179. The van der Waals surface area contributed by atoms with Gasteiger partial charge in [0.2, 0.25) is 9.84 Å². The maximum Gasteiger partial charge on any atom is 0.341 e. The summed E-state index contributed by atoms with van der Waals surface area (Å²) in [5.74, 6) is -3.41. The molecule has 0 spiro atoms. The number of halogens is 2. The summed E-state index contributed by atoms with van der Waals surface area (Å²) in [6.45, 7) is 5.06. The van der Waals surface area contributed by atoms with Gasteiger partial charge in [-0.25, -0.2) is 8.42 Å². The van der Waals surface area contributed by atoms with E-state index in [4.69, 9.17) is 4.74 Å². The lowest BCUT2D eigenvalue weighted by atomic mass is 10.1. The van der Waals surface area contributed by atoms with Gasteiger partial charge in [0.25, 0.3) is 0 Å². The number of nitrogens with one attached hydrogen (secondary N) is 1. The van der Waals surface area contributed by atoms with Crippen LogP contribution in [0.2, 0.25) is 0 Å². The van der Waals surface area contributed by atoms with E-state index >= 15 is 0 Å². The number of hydrogen-bond donors (Lipinski definition) is 1. The first-order valence-electron chi connectivity index (χ1n) is 7.84. The Balaban J connectivity index is 1.93. The third kappa shape index (κ3) is 5.51. The molecule has 2 aromatic rings. The van der Waals surface area contributed by atoms with E-state index in [2.05, 4.69) is 5.32 Å². The van der Waals surface area contributed by atoms with Crippen molar-refractivity contribution in [2.24, 2.45) is 0 Å². The van der Waals surface area contributed by atoms with Crippen LogP contribution in [0.15, 0.2) is 53.4 Å². The van der Waals surface area contributed by atoms with Gasteiger partial charge in [-0.3, -0.25) is 0 Å². The van der Waals surface area contributed by atoms with Crippen LogP contribution in [0, 0.1) is 0 Å². The van der Waals surface area contributed by atoms with E-state index in [0.717, 1.165) is 11.1 Å². The van der Waals surface area contributed by atoms with Crippen molar-refractivity contribution in [2.75, 3.05) is 5.32 Å². The number of sulfone groups is 1. The Morgan fingerprint density at radius 3 is 2.04 bits per heavy atom. The normalized spacial score (nSPS) is 11.9. The van der Waals surface area contributed by atoms with Gasteiger partial charge in [-0.2, -0.15) is 8.78 Å². The van der Waals surface area contributed by atoms with Crippen molar-refractivity contribution in [3.05, 3.63) is 59.7 Å². The third-order valence-electron chi connectivity index (χ3n) is 3.52. The number of alkyl halides is 2. The lowest BCUT2D eigenvalue weighted by molar-refractivity contribution is 0.0657. The minimum atomic E-state index is -4.55. The number of benzene rings is 2. The molecule has 4 nitrogen and oxygen atoms in total. The Hall–Kier alpha value is -1.99. The number of hydrogen-bond acceptors (Lipinski definition) is 4. The molecule has 136 valence electrons. The van der Waals surface area contributed by atoms with Gasteiger partial charge < -0.3 is 10.1 Å². The van der Waals surface area contributed by atoms with Gasteiger partial charge in [0.05, 0.1) is 17.6 Å². The largest absolute Gasteiger partial charge is 0.381 e. The van der Waals surface area contributed by atoms with Crippen molar-refractivity contribution in [3.8, 4) is 0 Å². The molecule has 2 rings (SSSR count). The van der Waals surface area contributed by atoms with E-state index in [-0.39, 0.29) is 11.0 Å². The van der Waals surface area contributed by atoms with E-state index in [9.17, 15) is 17.2 Å². The zero-order chi connectivity index (χ0) is 18.4. The molecule has 0 saturated heterocycles. The van der Waals surface area contributed by atoms with Crippen LogP contribution in [0.5, 0.6) is 0 Å². The summed E-state index contributed by atoms with van der Waals surface area (Å²) in [7, 11) is -4.55. The van der Waals surface area contributed by atoms with Gasteiger partial charge in [-0.05, 0) is 49.2 Å². The van der Waals surface area contributed by atoms with Crippen LogP contribution in [-0.4, -0.2) is 20.3 Å². The van der Waals surface area contributed by atoms with Gasteiger partial charge >= 0.3 is 5.76 Å². The first kappa shape index (κ1) is 19.3. The van der Waals surface area contributed by atoms with Gasteiger partial charge in [0.1, 0.15) is 0 Å². The summed E-state index contributed by atoms with van der Waals surface area (Å²) in [6.07, 6.45) is 0.179. The SMILES string of the molecule is CC(C)OCc1ccc(CNc2ccc(S(=O)(=O)C(F)F)cc2)cc1. The molecule has 2 aromatic carbocycles. The fourth-order valence-electron chi connectivity index (χ4n) is 2.09. The highest BCUT2D eigenvalue weighted by atomic mass is 32.2. The maximum absolute atomic E-state index is 12.5. The monoisotopic (exact) mass is 369 g/mol. The molecular formula is C18H21F2NO3S. The maximum atomic E-state index is 12.5. The number of rotatable bonds is 8. The number of ether oxygens (including phenoxy) is 1. The van der Waals surface area contributed by atoms with E-state index < -0.39 is 15.6 Å². The van der Waals surface area contributed by atoms with Crippen LogP contribution < -0.4 is 5.32 Å². The van der Waals surface area contributed by atoms with E-state index in [1.807, 2.05) is 38.1 Å². The number of anilines is 1. The second kappa shape index (κ2) is 8.40. The van der Waals surface area contributed by atoms with Crippen LogP contribution in [0.3, 0.4) is 0 Å². The van der Waals surface area contributed by atoms with Crippen molar-refractivity contribution in [1.29, 1.82) is 0 Å². The molecule has 25 heavy (non-hydrogen) atoms. The van der Waals surface area contributed by atoms with Crippen molar-refractivity contribution >= 4 is 15.5 Å². The van der Waals surface area contributed by atoms with E-state index in [1.165, 1.54) is 24.3 Å². The zero-order valence-corrected chi connectivity index (χ0v) is 14.9. The van der Waals surface area contributed by atoms with Crippen LogP contribution in [0.25, 0.3) is 0 Å². The molecular weight excluding hydrogens is 348 g/mol. The Morgan fingerprint density at radius 2 is 1.52 bits per heavy atom. The predicted octanol–water partition coefficient (Wildman–Crippen LogP) is 4.22. The van der Waals surface area contributed by atoms with Gasteiger partial charge in [0.15, 0.2) is 0 Å². The molecule has 0 bridgehead atoms. The molecule has 0 aliphatic carbocycles. The van der Waals surface area contributed by atoms with Gasteiger partial charge in [0, 0.05) is 12.2 Å². The van der Waals surface area contributed by atoms with Crippen molar-refractivity contribution in [2.45, 2.75) is 43.8 Å². The molecule has 1 N–H and O–H groups in total. The van der Waals surface area contributed by atoms with Crippen molar-refractivity contribution in [3.63, 3.8) is 0 Å². The van der Waals surface area contributed by atoms with Crippen LogP contribution in [-0.2, 0) is 27.7 Å². The summed E-state index contributed by atoms with van der Waals surface area (Å²) in [4.78, 5) is -0.387. The molecule has 0 amide bonds. The molecule has 0 unspecified atom stereocenters. The molecule has 0 aliphatic rings. The summed E-state index contributed by atoms with van der Waals surface area (Å²) in [5.41, 5.74) is 2.78. The molecule has 0 atom stereocenters. The molecule has 0 heterocycles. The Morgan fingerprint density at radius 1 is 0.960 bits per heavy atom. The first-order chi connectivity index (χ1) is 11.8. The molecule has 0 radical (unpaired) electrons. The summed E-state index contributed by atoms with van der Waals surface area (Å²) in [5, 5.41) is 3.12. The lowest BCUT2D eigenvalue weighted by Gasteiger charge is -2.10. The van der Waals surface area contributed by atoms with Crippen molar-refractivity contribution in [1.82, 2.24) is 0 Å². The Labute approximate surface area is 146 Å². The van der Waals surface area contributed by atoms with Crippen LogP contribution >= 0.6 is 0 Å². The highest BCUT2D eigenvalue weighted by Gasteiger charge is 2.26. The standard InChI is InChI=1S/C18H21F2NO3S/c1-13(2)24-12-15-5-3-14(4-6-15)11-21-16-7-9-17(10-8-16)25(22,23)18(19)20/h3-10,13,18,21H,11-12H2,1-2H3.